The molecule has 86 valence electrons. The zero-order valence-corrected chi connectivity index (χ0v) is 8.54. The normalized spacial score (nSPS) is 41.6. The van der Waals surface area contributed by atoms with E-state index in [-0.39, 0.29) is 5.92 Å². The molecule has 0 bridgehead atoms. The molecular weight excluding hydrogens is 215 g/mol. The molecule has 2 aliphatic carbocycles. The number of hydrogen-bond acceptors (Lipinski definition) is 0. The van der Waals surface area contributed by atoms with Crippen molar-refractivity contribution in [3.63, 3.8) is 0 Å². The summed E-state index contributed by atoms with van der Waals surface area (Å²) in [4.78, 5) is 0. The second-order valence-electron chi connectivity index (χ2n) is 4.87. The fourth-order valence-corrected chi connectivity index (χ4v) is 2.33. The van der Waals surface area contributed by atoms with Crippen molar-refractivity contribution in [2.24, 2.45) is 17.3 Å². The van der Waals surface area contributed by atoms with Crippen LogP contribution in [-0.2, 0) is 0 Å². The fraction of sp³-hybridized carbons (Fsp3) is 0.800. The molecule has 0 saturated heterocycles. The van der Waals surface area contributed by atoms with E-state index in [9.17, 15) is 22.0 Å². The lowest BCUT2D eigenvalue weighted by molar-refractivity contribution is -0.166. The summed E-state index contributed by atoms with van der Waals surface area (Å²) in [6.07, 6.45) is -4.82. The third-order valence-electron chi connectivity index (χ3n) is 3.67. The number of hydrogen-bond donors (Lipinski definition) is 0. The van der Waals surface area contributed by atoms with Crippen molar-refractivity contribution in [1.82, 2.24) is 0 Å². The molecular formula is C10H11F5. The highest BCUT2D eigenvalue weighted by atomic mass is 19.4. The Bertz CT molecular complexity index is 347. The molecule has 0 radical (unpaired) electrons. The highest BCUT2D eigenvalue weighted by Crippen LogP contribution is 2.72. The van der Waals surface area contributed by atoms with Crippen LogP contribution in [-0.4, -0.2) is 12.1 Å². The van der Waals surface area contributed by atoms with E-state index in [0.29, 0.717) is 5.57 Å². The minimum atomic E-state index is -4.82. The van der Waals surface area contributed by atoms with Crippen LogP contribution in [0.2, 0.25) is 0 Å². The van der Waals surface area contributed by atoms with Crippen LogP contribution in [0.5, 0.6) is 0 Å². The zero-order valence-electron chi connectivity index (χ0n) is 8.54. The quantitative estimate of drug-likeness (QED) is 0.435. The fourth-order valence-electron chi connectivity index (χ4n) is 2.33. The molecule has 0 amide bonds. The van der Waals surface area contributed by atoms with Gasteiger partial charge >= 0.3 is 6.18 Å². The van der Waals surface area contributed by atoms with Gasteiger partial charge in [0.2, 0.25) is 0 Å². The van der Waals surface area contributed by atoms with Gasteiger partial charge in [-0.05, 0) is 11.3 Å². The van der Waals surface area contributed by atoms with Gasteiger partial charge in [0.25, 0.3) is 5.92 Å². The Kier molecular flexibility index (Phi) is 1.73. The summed E-state index contributed by atoms with van der Waals surface area (Å²) < 4.78 is 62.7. The van der Waals surface area contributed by atoms with Gasteiger partial charge < -0.3 is 0 Å². The van der Waals surface area contributed by atoms with E-state index >= 15 is 0 Å². The Morgan fingerprint density at radius 2 is 1.47 bits per heavy atom. The van der Waals surface area contributed by atoms with Crippen molar-refractivity contribution < 1.29 is 22.0 Å². The van der Waals surface area contributed by atoms with Crippen molar-refractivity contribution in [2.75, 3.05) is 0 Å². The SMILES string of the molecule is CC1C(=C2C(C(F)(F)F)C2(F)F)C1(C)C. The van der Waals surface area contributed by atoms with Crippen LogP contribution in [0.25, 0.3) is 0 Å². The van der Waals surface area contributed by atoms with Crippen LogP contribution in [0, 0.1) is 17.3 Å². The molecule has 0 spiro atoms. The van der Waals surface area contributed by atoms with Crippen LogP contribution in [0.3, 0.4) is 0 Å². The smallest absolute Gasteiger partial charge is 0.201 e. The first-order valence-corrected chi connectivity index (χ1v) is 4.72. The summed E-state index contributed by atoms with van der Waals surface area (Å²) >= 11 is 0. The summed E-state index contributed by atoms with van der Waals surface area (Å²) in [6.45, 7) is 5.08. The van der Waals surface area contributed by atoms with Crippen molar-refractivity contribution in [2.45, 2.75) is 32.9 Å². The van der Waals surface area contributed by atoms with Crippen LogP contribution >= 0.6 is 0 Å². The first-order valence-electron chi connectivity index (χ1n) is 4.72. The minimum absolute atomic E-state index is 0.161. The molecule has 0 aromatic carbocycles. The van der Waals surface area contributed by atoms with E-state index in [4.69, 9.17) is 0 Å². The van der Waals surface area contributed by atoms with Crippen LogP contribution in [0.15, 0.2) is 11.1 Å². The molecule has 0 N–H and O–H groups in total. The second kappa shape index (κ2) is 2.38. The summed E-state index contributed by atoms with van der Waals surface area (Å²) in [5.41, 5.74) is -0.860. The van der Waals surface area contributed by atoms with Gasteiger partial charge in [-0.15, -0.1) is 0 Å². The minimum Gasteiger partial charge on any atom is -0.201 e. The average molecular weight is 226 g/mol. The molecule has 0 aliphatic heterocycles. The van der Waals surface area contributed by atoms with Crippen molar-refractivity contribution in [1.29, 1.82) is 0 Å². The van der Waals surface area contributed by atoms with E-state index < -0.39 is 29.0 Å². The number of allylic oxidation sites excluding steroid dienone is 2. The maximum atomic E-state index is 13.0. The van der Waals surface area contributed by atoms with E-state index in [1.807, 2.05) is 0 Å². The van der Waals surface area contributed by atoms with E-state index in [0.717, 1.165) is 0 Å². The first kappa shape index (κ1) is 10.9. The van der Waals surface area contributed by atoms with E-state index in [1.165, 1.54) is 0 Å². The van der Waals surface area contributed by atoms with Gasteiger partial charge in [-0.1, -0.05) is 26.3 Å². The Balaban J connectivity index is 2.37. The lowest BCUT2D eigenvalue weighted by Gasteiger charge is -2.01. The maximum absolute atomic E-state index is 13.0. The van der Waals surface area contributed by atoms with Gasteiger partial charge in [-0.25, -0.2) is 8.78 Å². The topological polar surface area (TPSA) is 0 Å². The molecule has 5 heteroatoms. The first-order chi connectivity index (χ1) is 6.52. The van der Waals surface area contributed by atoms with Gasteiger partial charge in [-0.3, -0.25) is 0 Å². The summed E-state index contributed by atoms with van der Waals surface area (Å²) in [5.74, 6) is -6.34. The highest BCUT2D eigenvalue weighted by molar-refractivity contribution is 5.53. The molecule has 15 heavy (non-hydrogen) atoms. The molecule has 2 unspecified atom stereocenters. The predicted octanol–water partition coefficient (Wildman–Crippen LogP) is 3.79. The second-order valence-corrected chi connectivity index (χ2v) is 4.87. The lowest BCUT2D eigenvalue weighted by atomic mass is 10.1. The largest absolute Gasteiger partial charge is 0.401 e. The third kappa shape index (κ3) is 1.24. The molecule has 2 aliphatic rings. The molecule has 0 heterocycles. The Hall–Kier alpha value is -0.610. The maximum Gasteiger partial charge on any atom is 0.401 e. The number of rotatable bonds is 0. The van der Waals surface area contributed by atoms with Crippen molar-refractivity contribution in [3.05, 3.63) is 11.1 Å². The summed E-state index contributed by atoms with van der Waals surface area (Å²) in [7, 11) is 0. The molecule has 2 atom stereocenters. The van der Waals surface area contributed by atoms with Gasteiger partial charge in [-0.2, -0.15) is 13.2 Å². The van der Waals surface area contributed by atoms with Gasteiger partial charge in [0, 0.05) is 5.57 Å². The van der Waals surface area contributed by atoms with Crippen molar-refractivity contribution in [3.8, 4) is 0 Å². The van der Waals surface area contributed by atoms with Crippen LogP contribution in [0.1, 0.15) is 20.8 Å². The summed E-state index contributed by atoms with van der Waals surface area (Å²) in [6, 6.07) is 0. The Morgan fingerprint density at radius 3 is 1.67 bits per heavy atom. The van der Waals surface area contributed by atoms with Gasteiger partial charge in [0.1, 0.15) is 5.92 Å². The number of halogens is 5. The molecule has 0 aromatic rings. The molecule has 0 nitrogen and oxygen atoms in total. The zero-order chi connectivity index (χ0) is 11.8. The Labute approximate surface area is 84.2 Å². The van der Waals surface area contributed by atoms with E-state index in [2.05, 4.69) is 0 Å². The van der Waals surface area contributed by atoms with Gasteiger partial charge in [0.15, 0.2) is 0 Å². The van der Waals surface area contributed by atoms with Crippen LogP contribution < -0.4 is 0 Å². The molecule has 0 aromatic heterocycles. The lowest BCUT2D eigenvalue weighted by Crippen LogP contribution is -2.15. The number of alkyl halides is 5. The summed E-state index contributed by atoms with van der Waals surface area (Å²) in [5, 5.41) is 0. The van der Waals surface area contributed by atoms with Crippen molar-refractivity contribution >= 4 is 0 Å². The third-order valence-corrected chi connectivity index (χ3v) is 3.67. The van der Waals surface area contributed by atoms with Gasteiger partial charge in [0.05, 0.1) is 0 Å². The Morgan fingerprint density at radius 1 is 1.07 bits per heavy atom. The molecule has 2 fully saturated rings. The standard InChI is InChI=1S/C10H11F5/c1-4-5(8(4,2)3)6-7(9(6,11)12)10(13,14)15/h4,7H,1-3H3. The average Bonchev–Trinajstić information content (AvgIpc) is 2.67. The van der Waals surface area contributed by atoms with Crippen LogP contribution in [0.4, 0.5) is 22.0 Å². The predicted molar refractivity (Wildman–Crippen MR) is 44.5 cm³/mol. The molecule has 2 saturated carbocycles. The molecule has 2 rings (SSSR count). The highest BCUT2D eigenvalue weighted by Gasteiger charge is 2.78. The van der Waals surface area contributed by atoms with E-state index in [1.54, 1.807) is 20.8 Å². The monoisotopic (exact) mass is 226 g/mol.